The summed E-state index contributed by atoms with van der Waals surface area (Å²) in [7, 11) is 5.90. The number of hydrogen-bond donors (Lipinski definition) is 2. The van der Waals surface area contributed by atoms with Gasteiger partial charge < -0.3 is 19.9 Å². The molecule has 0 aliphatic carbocycles. The summed E-state index contributed by atoms with van der Waals surface area (Å²) in [4.78, 5) is 4.14. The van der Waals surface area contributed by atoms with Crippen LogP contribution in [0.4, 0.5) is 10.1 Å². The molecule has 4 rings (SSSR count). The van der Waals surface area contributed by atoms with Crippen LogP contribution in [0, 0.1) is 11.7 Å². The number of aliphatic hydroxyl groups is 1. The Labute approximate surface area is 218 Å². The Morgan fingerprint density at radius 3 is 2.51 bits per heavy atom. The number of methoxy groups -OCH3 is 1. The van der Waals surface area contributed by atoms with E-state index in [0.29, 0.717) is 29.5 Å². The summed E-state index contributed by atoms with van der Waals surface area (Å²) >= 11 is 0. The van der Waals surface area contributed by atoms with Crippen LogP contribution in [0.1, 0.15) is 41.3 Å². The SMILES string of the molecule is COCC(C)Cc1cc(OCc2ccc(F)cc2)c(C(O)Nc2cccnc2)cc1C1CN(C)N(C)C1. The predicted molar refractivity (Wildman–Crippen MR) is 143 cm³/mol. The topological polar surface area (TPSA) is 70.1 Å². The van der Waals surface area contributed by atoms with Gasteiger partial charge in [-0.3, -0.25) is 4.98 Å². The molecule has 7 nitrogen and oxygen atoms in total. The Hall–Kier alpha value is -3.04. The van der Waals surface area contributed by atoms with Crippen LogP contribution in [0.15, 0.2) is 60.9 Å². The Bertz CT molecular complexity index is 1140. The van der Waals surface area contributed by atoms with Gasteiger partial charge in [0.1, 0.15) is 18.2 Å². The quantitative estimate of drug-likeness (QED) is 0.367. The van der Waals surface area contributed by atoms with Crippen molar-refractivity contribution in [1.82, 2.24) is 15.0 Å². The highest BCUT2D eigenvalue weighted by atomic mass is 19.1. The zero-order valence-corrected chi connectivity index (χ0v) is 22.0. The number of aromatic nitrogens is 1. The molecule has 3 aromatic rings. The lowest BCUT2D eigenvalue weighted by Gasteiger charge is -2.24. The summed E-state index contributed by atoms with van der Waals surface area (Å²) in [6.07, 6.45) is 3.18. The van der Waals surface area contributed by atoms with E-state index in [1.807, 2.05) is 12.1 Å². The number of anilines is 1. The third kappa shape index (κ3) is 7.05. The van der Waals surface area contributed by atoms with Crippen molar-refractivity contribution in [3.05, 3.63) is 89.0 Å². The van der Waals surface area contributed by atoms with Gasteiger partial charge in [-0.15, -0.1) is 0 Å². The lowest BCUT2D eigenvalue weighted by Crippen LogP contribution is -2.28. The van der Waals surface area contributed by atoms with E-state index < -0.39 is 6.23 Å². The monoisotopic (exact) mass is 508 g/mol. The number of aliphatic hydroxyl groups excluding tert-OH is 1. The lowest BCUT2D eigenvalue weighted by molar-refractivity contribution is 0.0894. The molecule has 2 N–H and O–H groups in total. The molecule has 2 atom stereocenters. The van der Waals surface area contributed by atoms with E-state index in [1.54, 1.807) is 31.6 Å². The molecule has 1 fully saturated rings. The Morgan fingerprint density at radius 2 is 1.86 bits per heavy atom. The summed E-state index contributed by atoms with van der Waals surface area (Å²) in [6.45, 7) is 4.87. The fourth-order valence-electron chi connectivity index (χ4n) is 4.87. The first-order valence-electron chi connectivity index (χ1n) is 12.6. The minimum Gasteiger partial charge on any atom is -0.488 e. The average Bonchev–Trinajstić information content (AvgIpc) is 3.22. The Morgan fingerprint density at radius 1 is 1.14 bits per heavy atom. The van der Waals surface area contributed by atoms with Crippen molar-refractivity contribution in [3.8, 4) is 5.75 Å². The van der Waals surface area contributed by atoms with Gasteiger partial charge in [-0.2, -0.15) is 0 Å². The van der Waals surface area contributed by atoms with Gasteiger partial charge in [0.15, 0.2) is 6.23 Å². The third-order valence-corrected chi connectivity index (χ3v) is 6.85. The van der Waals surface area contributed by atoms with Crippen molar-refractivity contribution < 1.29 is 19.0 Å². The van der Waals surface area contributed by atoms with Crippen molar-refractivity contribution >= 4 is 5.69 Å². The molecule has 0 saturated carbocycles. The van der Waals surface area contributed by atoms with Crippen LogP contribution in [0.3, 0.4) is 0 Å². The summed E-state index contributed by atoms with van der Waals surface area (Å²) in [6, 6.07) is 14.1. The van der Waals surface area contributed by atoms with Crippen LogP contribution in [0.2, 0.25) is 0 Å². The largest absolute Gasteiger partial charge is 0.488 e. The normalized spacial score (nSPS) is 16.6. The lowest BCUT2D eigenvalue weighted by atomic mass is 9.87. The standard InChI is InChI=1S/C29H37FN4O3/c1-20(18-36-4)12-22-13-28(37-19-21-7-9-24(30)10-8-21)27(29(35)32-25-6-5-11-31-15-25)14-26(22)23-16-33(2)34(3)17-23/h5-11,13-15,20,23,29,32,35H,12,16-19H2,1-4H3. The summed E-state index contributed by atoms with van der Waals surface area (Å²) in [5.74, 6) is 0.909. The fourth-order valence-corrected chi connectivity index (χ4v) is 4.87. The second-order valence-electron chi connectivity index (χ2n) is 9.93. The van der Waals surface area contributed by atoms with Gasteiger partial charge >= 0.3 is 0 Å². The Kier molecular flexibility index (Phi) is 9.10. The zero-order valence-electron chi connectivity index (χ0n) is 22.0. The number of likely N-dealkylation sites (N-methyl/N-ethyl adjacent to an activating group) is 2. The second-order valence-corrected chi connectivity index (χ2v) is 9.93. The molecule has 8 heteroatoms. The van der Waals surface area contributed by atoms with Gasteiger partial charge in [-0.1, -0.05) is 19.1 Å². The van der Waals surface area contributed by atoms with Gasteiger partial charge in [0.05, 0.1) is 11.9 Å². The molecular weight excluding hydrogens is 471 g/mol. The molecular formula is C29H37FN4O3. The second kappa shape index (κ2) is 12.5. The summed E-state index contributed by atoms with van der Waals surface area (Å²) in [5.41, 5.74) is 4.60. The van der Waals surface area contributed by atoms with Crippen LogP contribution in [-0.2, 0) is 17.8 Å². The smallest absolute Gasteiger partial charge is 0.154 e. The molecule has 37 heavy (non-hydrogen) atoms. The van der Waals surface area contributed by atoms with Crippen molar-refractivity contribution in [1.29, 1.82) is 0 Å². The molecule has 198 valence electrons. The molecule has 2 aromatic carbocycles. The van der Waals surface area contributed by atoms with E-state index in [2.05, 4.69) is 53.5 Å². The van der Waals surface area contributed by atoms with Gasteiger partial charge in [-0.05, 0) is 65.4 Å². The summed E-state index contributed by atoms with van der Waals surface area (Å²) < 4.78 is 25.1. The third-order valence-electron chi connectivity index (χ3n) is 6.85. The van der Waals surface area contributed by atoms with Gasteiger partial charge in [-0.25, -0.2) is 14.4 Å². The summed E-state index contributed by atoms with van der Waals surface area (Å²) in [5, 5.41) is 18.9. The van der Waals surface area contributed by atoms with Gasteiger partial charge in [0, 0.05) is 58.6 Å². The van der Waals surface area contributed by atoms with Crippen molar-refractivity contribution in [2.45, 2.75) is 32.1 Å². The molecule has 1 aliphatic rings. The van der Waals surface area contributed by atoms with Crippen LogP contribution >= 0.6 is 0 Å². The number of hydrazine groups is 1. The number of halogens is 1. The van der Waals surface area contributed by atoms with Crippen molar-refractivity contribution in [2.75, 3.05) is 46.2 Å². The van der Waals surface area contributed by atoms with E-state index in [1.165, 1.54) is 23.3 Å². The number of ether oxygens (including phenoxy) is 2. The molecule has 0 radical (unpaired) electrons. The molecule has 1 aliphatic heterocycles. The minimum atomic E-state index is -1.01. The highest BCUT2D eigenvalue weighted by molar-refractivity contribution is 5.50. The predicted octanol–water partition coefficient (Wildman–Crippen LogP) is 4.60. The number of rotatable bonds is 11. The van der Waals surface area contributed by atoms with Crippen molar-refractivity contribution in [3.63, 3.8) is 0 Å². The number of nitrogens with zero attached hydrogens (tertiary/aromatic N) is 3. The minimum absolute atomic E-state index is 0.258. The maximum absolute atomic E-state index is 13.4. The van der Waals surface area contributed by atoms with Gasteiger partial charge in [0.25, 0.3) is 0 Å². The van der Waals surface area contributed by atoms with Crippen molar-refractivity contribution in [2.24, 2.45) is 5.92 Å². The van der Waals surface area contributed by atoms with Crippen LogP contribution in [0.25, 0.3) is 0 Å². The van der Waals surface area contributed by atoms with E-state index in [9.17, 15) is 9.50 Å². The molecule has 0 spiro atoms. The van der Waals surface area contributed by atoms with Crippen LogP contribution in [-0.4, -0.2) is 61.0 Å². The fraction of sp³-hybridized carbons (Fsp3) is 0.414. The van der Waals surface area contributed by atoms with E-state index in [4.69, 9.17) is 9.47 Å². The molecule has 0 amide bonds. The first kappa shape index (κ1) is 27.0. The average molecular weight is 509 g/mol. The van der Waals surface area contributed by atoms with E-state index >= 15 is 0 Å². The number of benzene rings is 2. The first-order valence-corrected chi connectivity index (χ1v) is 12.6. The molecule has 1 aromatic heterocycles. The highest BCUT2D eigenvalue weighted by Crippen LogP contribution is 2.37. The highest BCUT2D eigenvalue weighted by Gasteiger charge is 2.30. The number of pyridine rings is 1. The van der Waals surface area contributed by atoms with E-state index in [0.717, 1.165) is 25.1 Å². The Balaban J connectivity index is 1.72. The molecule has 0 bridgehead atoms. The maximum atomic E-state index is 13.4. The van der Waals surface area contributed by atoms with Gasteiger partial charge in [0.2, 0.25) is 0 Å². The van der Waals surface area contributed by atoms with E-state index in [-0.39, 0.29) is 18.3 Å². The zero-order chi connectivity index (χ0) is 26.4. The number of hydrogen-bond acceptors (Lipinski definition) is 7. The molecule has 2 unspecified atom stereocenters. The van der Waals surface area contributed by atoms with Crippen LogP contribution < -0.4 is 10.1 Å². The maximum Gasteiger partial charge on any atom is 0.154 e. The number of nitrogens with one attached hydrogen (secondary N) is 1. The first-order chi connectivity index (χ1) is 17.8. The molecule has 2 heterocycles. The molecule has 1 saturated heterocycles. The van der Waals surface area contributed by atoms with Crippen LogP contribution in [0.5, 0.6) is 5.75 Å².